The maximum atomic E-state index is 12.0. The van der Waals surface area contributed by atoms with Crippen molar-refractivity contribution in [3.05, 3.63) is 80.5 Å². The average molecular weight is 543 g/mol. The molecular formula is C31H43FN2O5. The van der Waals surface area contributed by atoms with Gasteiger partial charge < -0.3 is 20.3 Å². The molecule has 0 aliphatic heterocycles. The number of hydrogen-bond acceptors (Lipinski definition) is 5. The summed E-state index contributed by atoms with van der Waals surface area (Å²) in [6, 6.07) is 0. The van der Waals surface area contributed by atoms with Crippen molar-refractivity contribution >= 4 is 0 Å². The van der Waals surface area contributed by atoms with Crippen LogP contribution in [0.2, 0.25) is 0 Å². The Hall–Kier alpha value is -2.55. The quantitative estimate of drug-likeness (QED) is 0.355. The molecule has 0 spiro atoms. The minimum atomic E-state index is -1.00. The van der Waals surface area contributed by atoms with E-state index in [1.165, 1.54) is 44.1 Å². The standard InChI is InChI=1S/C27H40O3.C4H3FN2O2/c1-17(6-13-25(29)20-8-9-20)23-11-12-24-19(5-4-14-27(23,24)3)7-10-21-15-22(28)16-26(30)18(21)2;5-2-1-6-4(9)7-3(2)8/h6-7,10,13,17,20,22-26,28-30H,2,4-5,8-9,11-12,14-16H2,1,3H3;1H,(H2,6,7,8,9)/b13-6+,19-7+,21-10-;/t17-,22-,23-,24+,25-,26+,27-;/m1./s1. The zero-order valence-corrected chi connectivity index (χ0v) is 23.0. The number of aromatic nitrogens is 2. The Kier molecular flexibility index (Phi) is 9.29. The molecule has 1 heterocycles. The van der Waals surface area contributed by atoms with Gasteiger partial charge in [-0.25, -0.2) is 4.79 Å². The monoisotopic (exact) mass is 542 g/mol. The first-order valence-electron chi connectivity index (χ1n) is 14.3. The third-order valence-electron chi connectivity index (χ3n) is 9.43. The van der Waals surface area contributed by atoms with Crippen molar-refractivity contribution in [1.29, 1.82) is 0 Å². The number of allylic oxidation sites excluding steroid dienone is 4. The zero-order valence-electron chi connectivity index (χ0n) is 23.0. The van der Waals surface area contributed by atoms with Gasteiger partial charge in [-0.15, -0.1) is 0 Å². The smallest absolute Gasteiger partial charge is 0.325 e. The number of aliphatic hydroxyl groups is 3. The average Bonchev–Trinajstić information content (AvgIpc) is 3.68. The highest BCUT2D eigenvalue weighted by atomic mass is 19.1. The van der Waals surface area contributed by atoms with Gasteiger partial charge in [-0.1, -0.05) is 50.3 Å². The topological polar surface area (TPSA) is 126 Å². The lowest BCUT2D eigenvalue weighted by molar-refractivity contribution is 0.0862. The van der Waals surface area contributed by atoms with Crippen LogP contribution in [0, 0.1) is 34.9 Å². The van der Waals surface area contributed by atoms with Crippen LogP contribution < -0.4 is 11.2 Å². The van der Waals surface area contributed by atoms with E-state index in [-0.39, 0.29) is 6.10 Å². The third-order valence-corrected chi connectivity index (χ3v) is 9.43. The molecule has 7 atom stereocenters. The van der Waals surface area contributed by atoms with Crippen LogP contribution in [-0.2, 0) is 0 Å². The zero-order chi connectivity index (χ0) is 28.3. The third kappa shape index (κ3) is 6.97. The highest BCUT2D eigenvalue weighted by Gasteiger charge is 2.50. The fourth-order valence-electron chi connectivity index (χ4n) is 7.02. The van der Waals surface area contributed by atoms with Gasteiger partial charge >= 0.3 is 5.69 Å². The van der Waals surface area contributed by atoms with Crippen molar-refractivity contribution in [1.82, 2.24) is 9.97 Å². The van der Waals surface area contributed by atoms with E-state index >= 15 is 0 Å². The molecule has 0 amide bonds. The number of aromatic amines is 2. The Morgan fingerprint density at radius 2 is 1.90 bits per heavy atom. The van der Waals surface area contributed by atoms with E-state index in [0.29, 0.717) is 48.1 Å². The summed E-state index contributed by atoms with van der Waals surface area (Å²) in [6.07, 6.45) is 17.6. The van der Waals surface area contributed by atoms with Crippen molar-refractivity contribution in [2.75, 3.05) is 0 Å². The summed E-state index contributed by atoms with van der Waals surface area (Å²) in [5, 5.41) is 30.4. The molecule has 0 bridgehead atoms. The second-order valence-corrected chi connectivity index (χ2v) is 12.2. The van der Waals surface area contributed by atoms with E-state index in [1.807, 2.05) is 4.98 Å². The minimum absolute atomic E-state index is 0.250. The van der Waals surface area contributed by atoms with Crippen molar-refractivity contribution < 1.29 is 19.7 Å². The van der Waals surface area contributed by atoms with Crippen LogP contribution in [0.25, 0.3) is 0 Å². The summed E-state index contributed by atoms with van der Waals surface area (Å²) in [6.45, 7) is 8.88. The number of fused-ring (bicyclic) bond motifs is 1. The molecule has 0 radical (unpaired) electrons. The molecule has 7 nitrogen and oxygen atoms in total. The van der Waals surface area contributed by atoms with Gasteiger partial charge in [-0.05, 0) is 91.6 Å². The fourth-order valence-corrected chi connectivity index (χ4v) is 7.02. The molecule has 0 saturated heterocycles. The summed E-state index contributed by atoms with van der Waals surface area (Å²) in [5.41, 5.74) is 1.92. The van der Waals surface area contributed by atoms with Gasteiger partial charge in [-0.3, -0.25) is 9.78 Å². The molecule has 4 fully saturated rings. The fraction of sp³-hybridized carbons (Fsp3) is 0.613. The first-order chi connectivity index (χ1) is 18.5. The molecule has 0 aromatic carbocycles. The summed E-state index contributed by atoms with van der Waals surface area (Å²) in [7, 11) is 0. The molecule has 4 aliphatic carbocycles. The number of aliphatic hydroxyl groups excluding tert-OH is 3. The Morgan fingerprint density at radius 3 is 2.56 bits per heavy atom. The number of hydrogen-bond donors (Lipinski definition) is 5. The Labute approximate surface area is 229 Å². The molecule has 8 heteroatoms. The second kappa shape index (κ2) is 12.3. The van der Waals surface area contributed by atoms with Crippen LogP contribution in [0.5, 0.6) is 0 Å². The lowest BCUT2D eigenvalue weighted by atomic mass is 9.61. The highest BCUT2D eigenvalue weighted by molar-refractivity contribution is 5.38. The van der Waals surface area contributed by atoms with Gasteiger partial charge in [0.2, 0.25) is 5.82 Å². The predicted molar refractivity (Wildman–Crippen MR) is 149 cm³/mol. The van der Waals surface area contributed by atoms with Gasteiger partial charge in [0, 0.05) is 12.6 Å². The van der Waals surface area contributed by atoms with Crippen molar-refractivity contribution in [2.24, 2.45) is 29.1 Å². The Morgan fingerprint density at radius 1 is 1.15 bits per heavy atom. The molecular weight excluding hydrogens is 499 g/mol. The van der Waals surface area contributed by atoms with E-state index < -0.39 is 29.3 Å². The van der Waals surface area contributed by atoms with Gasteiger partial charge in [0.1, 0.15) is 0 Å². The summed E-state index contributed by atoms with van der Waals surface area (Å²) in [4.78, 5) is 24.0. The van der Waals surface area contributed by atoms with Crippen LogP contribution >= 0.6 is 0 Å². The minimum Gasteiger partial charge on any atom is -0.393 e. The lowest BCUT2D eigenvalue weighted by Gasteiger charge is -2.44. The van der Waals surface area contributed by atoms with Crippen molar-refractivity contribution in [3.8, 4) is 0 Å². The highest BCUT2D eigenvalue weighted by Crippen LogP contribution is 2.59. The number of rotatable bonds is 5. The van der Waals surface area contributed by atoms with E-state index in [2.05, 4.69) is 44.7 Å². The number of H-pyrrole nitrogens is 2. The number of nitrogens with one attached hydrogen (secondary N) is 2. The summed E-state index contributed by atoms with van der Waals surface area (Å²) >= 11 is 0. The SMILES string of the molecule is C=C1/C(=C\C=C2/CCC[C@]3(C)[C@@H]([C@H](C)/C=C/[C@@H](O)C4CC4)CC[C@@H]23)C[C@@H](O)C[C@@H]1O.O=c1[nH]cc(F)c(=O)[nH]1. The predicted octanol–water partition coefficient (Wildman–Crippen LogP) is 4.29. The maximum Gasteiger partial charge on any atom is 0.325 e. The molecule has 4 saturated carbocycles. The van der Waals surface area contributed by atoms with Crippen molar-refractivity contribution in [2.45, 2.75) is 89.9 Å². The van der Waals surface area contributed by atoms with Gasteiger partial charge in [0.05, 0.1) is 18.3 Å². The number of halogens is 1. The van der Waals surface area contributed by atoms with Gasteiger partial charge in [-0.2, -0.15) is 4.39 Å². The van der Waals surface area contributed by atoms with Crippen molar-refractivity contribution in [3.63, 3.8) is 0 Å². The van der Waals surface area contributed by atoms with Gasteiger partial charge in [0.15, 0.2) is 0 Å². The lowest BCUT2D eigenvalue weighted by Crippen LogP contribution is -2.35. The maximum absolute atomic E-state index is 12.0. The van der Waals surface area contributed by atoms with Crippen LogP contribution in [0.1, 0.15) is 71.6 Å². The van der Waals surface area contributed by atoms with Gasteiger partial charge in [0.25, 0.3) is 5.56 Å². The molecule has 1 aromatic rings. The van der Waals surface area contributed by atoms with Crippen LogP contribution in [0.4, 0.5) is 4.39 Å². The summed E-state index contributed by atoms with van der Waals surface area (Å²) in [5.74, 6) is 1.28. The van der Waals surface area contributed by atoms with E-state index in [9.17, 15) is 29.3 Å². The molecule has 1 aromatic heterocycles. The molecule has 214 valence electrons. The summed E-state index contributed by atoms with van der Waals surface area (Å²) < 4.78 is 12.0. The first-order valence-corrected chi connectivity index (χ1v) is 14.3. The molecule has 5 rings (SSSR count). The normalized spacial score (nSPS) is 34.6. The molecule has 4 aliphatic rings. The molecule has 39 heavy (non-hydrogen) atoms. The van der Waals surface area contributed by atoms with Crippen LogP contribution in [0.3, 0.4) is 0 Å². The molecule has 5 N–H and O–H groups in total. The van der Waals surface area contributed by atoms with Crippen LogP contribution in [0.15, 0.2) is 63.4 Å². The van der Waals surface area contributed by atoms with E-state index in [4.69, 9.17) is 0 Å². The van der Waals surface area contributed by atoms with E-state index in [0.717, 1.165) is 17.6 Å². The largest absolute Gasteiger partial charge is 0.393 e. The Balaban J connectivity index is 0.000000333. The van der Waals surface area contributed by atoms with Crippen LogP contribution in [-0.4, -0.2) is 43.6 Å². The Bertz CT molecular complexity index is 1240. The molecule has 0 unspecified atom stereocenters. The second-order valence-electron chi connectivity index (χ2n) is 12.2. The van der Waals surface area contributed by atoms with E-state index in [1.54, 1.807) is 4.98 Å². The first kappa shape index (κ1) is 29.4.